The number of carbonyl (C=O) groups excluding carboxylic acids is 3. The molecule has 1 aromatic rings. The molecule has 2 aliphatic carbocycles. The first kappa shape index (κ1) is 18.8. The van der Waals surface area contributed by atoms with Crippen LogP contribution in [0.5, 0.6) is 0 Å². The van der Waals surface area contributed by atoms with Gasteiger partial charge >= 0.3 is 0 Å². The van der Waals surface area contributed by atoms with Crippen LogP contribution in [-0.2, 0) is 22.6 Å². The highest BCUT2D eigenvalue weighted by Crippen LogP contribution is 2.46. The molecular formula is C21H25N3O4S. The molecule has 8 heteroatoms. The van der Waals surface area contributed by atoms with Crippen molar-refractivity contribution in [1.82, 2.24) is 9.80 Å². The summed E-state index contributed by atoms with van der Waals surface area (Å²) in [6.45, 7) is 1.14. The van der Waals surface area contributed by atoms with Crippen molar-refractivity contribution in [1.29, 1.82) is 0 Å². The van der Waals surface area contributed by atoms with Gasteiger partial charge in [-0.25, -0.2) is 0 Å². The van der Waals surface area contributed by atoms with E-state index in [4.69, 9.17) is 0 Å². The van der Waals surface area contributed by atoms with E-state index in [1.807, 2.05) is 4.90 Å². The van der Waals surface area contributed by atoms with Gasteiger partial charge in [0.25, 0.3) is 5.91 Å². The van der Waals surface area contributed by atoms with Crippen molar-refractivity contribution in [3.63, 3.8) is 0 Å². The first-order valence-electron chi connectivity index (χ1n) is 10.3. The Bertz CT molecular complexity index is 923. The lowest BCUT2D eigenvalue weighted by atomic mass is 9.91. The van der Waals surface area contributed by atoms with Crippen LogP contribution in [0.4, 0.5) is 5.00 Å². The average Bonchev–Trinajstić information content (AvgIpc) is 3.42. The number of amides is 3. The molecule has 1 fully saturated rings. The Hall–Kier alpha value is -2.19. The number of likely N-dealkylation sites (N-methyl/N-ethyl adjacent to an activating group) is 1. The predicted octanol–water partition coefficient (Wildman–Crippen LogP) is 1.26. The van der Waals surface area contributed by atoms with E-state index in [0.717, 1.165) is 23.3 Å². The maximum Gasteiger partial charge on any atom is 0.257 e. The molecule has 0 unspecified atom stereocenters. The van der Waals surface area contributed by atoms with Crippen molar-refractivity contribution in [2.75, 3.05) is 38.2 Å². The highest BCUT2D eigenvalue weighted by molar-refractivity contribution is 7.17. The summed E-state index contributed by atoms with van der Waals surface area (Å²) in [5.74, 6) is 0.908. The lowest BCUT2D eigenvalue weighted by Gasteiger charge is -2.31. The number of fused-ring (bicyclic) bond motifs is 5. The van der Waals surface area contributed by atoms with Gasteiger partial charge in [-0.15, -0.1) is 11.3 Å². The Labute approximate surface area is 173 Å². The number of aliphatic hydroxyl groups excluding tert-OH is 1. The monoisotopic (exact) mass is 415 g/mol. The summed E-state index contributed by atoms with van der Waals surface area (Å²) in [5.41, 5.74) is 1.55. The Kier molecular flexibility index (Phi) is 4.51. The zero-order chi connectivity index (χ0) is 20.3. The molecule has 154 valence electrons. The van der Waals surface area contributed by atoms with Gasteiger partial charge in [-0.2, -0.15) is 0 Å². The highest BCUT2D eigenvalue weighted by Gasteiger charge is 2.43. The number of hydrogen-bond donors (Lipinski definition) is 1. The summed E-state index contributed by atoms with van der Waals surface area (Å²) in [7, 11) is 1.64. The van der Waals surface area contributed by atoms with E-state index in [-0.39, 0.29) is 43.3 Å². The number of nitrogens with zero attached hydrogens (tertiary/aromatic N) is 3. The topological polar surface area (TPSA) is 81.2 Å². The van der Waals surface area contributed by atoms with Crippen molar-refractivity contribution in [2.24, 2.45) is 17.8 Å². The molecule has 3 amide bonds. The number of rotatable bonds is 3. The van der Waals surface area contributed by atoms with Gasteiger partial charge < -0.3 is 14.9 Å². The number of allylic oxidation sites excluding steroid dienone is 2. The van der Waals surface area contributed by atoms with Crippen LogP contribution >= 0.6 is 11.3 Å². The third kappa shape index (κ3) is 2.92. The minimum Gasteiger partial charge on any atom is -0.395 e. The van der Waals surface area contributed by atoms with Crippen molar-refractivity contribution < 1.29 is 19.5 Å². The zero-order valence-electron chi connectivity index (χ0n) is 16.5. The summed E-state index contributed by atoms with van der Waals surface area (Å²) in [4.78, 5) is 44.7. The van der Waals surface area contributed by atoms with Crippen LogP contribution in [-0.4, -0.2) is 65.9 Å². The predicted molar refractivity (Wildman–Crippen MR) is 109 cm³/mol. The van der Waals surface area contributed by atoms with Crippen LogP contribution in [0, 0.1) is 17.8 Å². The van der Waals surface area contributed by atoms with Crippen LogP contribution < -0.4 is 4.90 Å². The summed E-state index contributed by atoms with van der Waals surface area (Å²) in [6, 6.07) is 0. The Morgan fingerprint density at radius 3 is 2.76 bits per heavy atom. The van der Waals surface area contributed by atoms with Gasteiger partial charge in [-0.3, -0.25) is 19.3 Å². The Balaban J connectivity index is 1.45. The van der Waals surface area contributed by atoms with Crippen molar-refractivity contribution in [3.8, 4) is 0 Å². The number of thiophene rings is 1. The fourth-order valence-corrected chi connectivity index (χ4v) is 6.67. The number of β-amino-alcohol motifs (C(OH)–C–C–N with tert-alkyl or cyclic N) is 1. The lowest BCUT2D eigenvalue weighted by molar-refractivity contribution is -0.137. The lowest BCUT2D eigenvalue weighted by Crippen LogP contribution is -2.41. The van der Waals surface area contributed by atoms with Gasteiger partial charge in [0.15, 0.2) is 0 Å². The molecule has 1 aromatic heterocycles. The first-order chi connectivity index (χ1) is 14.0. The second-order valence-corrected chi connectivity index (χ2v) is 9.59. The van der Waals surface area contributed by atoms with Crippen LogP contribution in [0.15, 0.2) is 12.2 Å². The fraction of sp³-hybridized carbons (Fsp3) is 0.571. The summed E-state index contributed by atoms with van der Waals surface area (Å²) in [5, 5.41) is 10.1. The number of hydrogen-bond acceptors (Lipinski definition) is 5. The quantitative estimate of drug-likeness (QED) is 0.754. The smallest absolute Gasteiger partial charge is 0.257 e. The number of anilines is 1. The molecule has 1 saturated carbocycles. The molecule has 0 radical (unpaired) electrons. The van der Waals surface area contributed by atoms with E-state index in [2.05, 4.69) is 12.2 Å². The van der Waals surface area contributed by atoms with E-state index in [9.17, 15) is 19.5 Å². The van der Waals surface area contributed by atoms with Crippen LogP contribution in [0.1, 0.15) is 33.6 Å². The molecule has 1 N–H and O–H groups in total. The molecule has 29 heavy (non-hydrogen) atoms. The first-order valence-corrected chi connectivity index (χ1v) is 11.1. The second kappa shape index (κ2) is 6.95. The molecule has 0 spiro atoms. The van der Waals surface area contributed by atoms with E-state index in [1.165, 1.54) is 21.1 Å². The van der Waals surface area contributed by atoms with Crippen molar-refractivity contribution in [2.45, 2.75) is 25.8 Å². The molecule has 4 aliphatic rings. The van der Waals surface area contributed by atoms with Gasteiger partial charge in [0.05, 0.1) is 18.7 Å². The third-order valence-electron chi connectivity index (χ3n) is 6.75. The Morgan fingerprint density at radius 1 is 1.24 bits per heavy atom. The molecule has 5 rings (SSSR count). The van der Waals surface area contributed by atoms with Crippen LogP contribution in [0.2, 0.25) is 0 Å². The number of aliphatic hydroxyl groups is 1. The molecule has 0 aromatic carbocycles. The van der Waals surface area contributed by atoms with Gasteiger partial charge in [0.1, 0.15) is 11.5 Å². The summed E-state index contributed by atoms with van der Waals surface area (Å²) < 4.78 is 0. The highest BCUT2D eigenvalue weighted by atomic mass is 32.1. The number of carbonyl (C=O) groups is 3. The van der Waals surface area contributed by atoms with E-state index in [0.29, 0.717) is 41.9 Å². The fourth-order valence-electron chi connectivity index (χ4n) is 5.28. The van der Waals surface area contributed by atoms with E-state index < -0.39 is 0 Å². The minimum atomic E-state index is -0.186. The molecule has 2 bridgehead atoms. The normalized spacial score (nSPS) is 28.1. The van der Waals surface area contributed by atoms with Crippen molar-refractivity contribution >= 4 is 34.1 Å². The Morgan fingerprint density at radius 2 is 2.07 bits per heavy atom. The average molecular weight is 416 g/mol. The van der Waals surface area contributed by atoms with Gasteiger partial charge in [-0.05, 0) is 36.7 Å². The SMILES string of the molecule is CN1CC(=O)N(CCO)c2sc3c(c2C1=O)CCN(C(=O)[C@@H]1C[C@@H]2C=C[C@H]1C2)C3. The summed E-state index contributed by atoms with van der Waals surface area (Å²) >= 11 is 1.43. The largest absolute Gasteiger partial charge is 0.395 e. The van der Waals surface area contributed by atoms with Gasteiger partial charge in [0.2, 0.25) is 11.8 Å². The van der Waals surface area contributed by atoms with Crippen LogP contribution in [0.3, 0.4) is 0 Å². The molecule has 2 aliphatic heterocycles. The molecule has 3 heterocycles. The molecule has 7 nitrogen and oxygen atoms in total. The maximum atomic E-state index is 13.2. The summed E-state index contributed by atoms with van der Waals surface area (Å²) in [6.07, 6.45) is 7.12. The minimum absolute atomic E-state index is 0.0113. The van der Waals surface area contributed by atoms with E-state index >= 15 is 0 Å². The third-order valence-corrected chi connectivity index (χ3v) is 7.99. The molecule has 3 atom stereocenters. The van der Waals surface area contributed by atoms with E-state index in [1.54, 1.807) is 7.05 Å². The second-order valence-electron chi connectivity index (χ2n) is 8.51. The maximum absolute atomic E-state index is 13.2. The van der Waals surface area contributed by atoms with Crippen LogP contribution in [0.25, 0.3) is 0 Å². The molecular weight excluding hydrogens is 390 g/mol. The zero-order valence-corrected chi connectivity index (χ0v) is 17.3. The molecule has 0 saturated heterocycles. The standard InChI is InChI=1S/C21H25N3O4S/c1-22-11-17(26)24(6-7-25)21-18(20(22)28)14-4-5-23(10-16(14)29-21)19(27)15-9-12-2-3-13(15)8-12/h2-3,12-13,15,25H,4-11H2,1H3/t12-,13+,15-/m1/s1. The van der Waals surface area contributed by atoms with Gasteiger partial charge in [0, 0.05) is 30.9 Å². The van der Waals surface area contributed by atoms with Gasteiger partial charge in [-0.1, -0.05) is 12.2 Å². The van der Waals surface area contributed by atoms with Crippen molar-refractivity contribution in [3.05, 3.63) is 28.2 Å².